The van der Waals surface area contributed by atoms with E-state index < -0.39 is 11.6 Å². The highest BCUT2D eigenvalue weighted by atomic mass is 16.5. The second-order valence-electron chi connectivity index (χ2n) is 8.31. The molecule has 0 N–H and O–H groups in total. The van der Waals surface area contributed by atoms with Gasteiger partial charge < -0.3 is 28.1 Å². The third kappa shape index (κ3) is 5.81. The van der Waals surface area contributed by atoms with Crippen molar-refractivity contribution < 1.29 is 32.9 Å². The minimum absolute atomic E-state index is 0.147. The van der Waals surface area contributed by atoms with Gasteiger partial charge in [0.2, 0.25) is 5.76 Å². The highest BCUT2D eigenvalue weighted by molar-refractivity contribution is 5.96. The van der Waals surface area contributed by atoms with Crippen molar-refractivity contribution in [3.05, 3.63) is 106 Å². The summed E-state index contributed by atoms with van der Waals surface area (Å²) in [6.45, 7) is 4.21. The van der Waals surface area contributed by atoms with Gasteiger partial charge in [-0.05, 0) is 59.3 Å². The molecule has 0 atom stereocenters. The predicted molar refractivity (Wildman–Crippen MR) is 142 cm³/mol. The Balaban J connectivity index is 1.81. The number of benzene rings is 3. The molecule has 0 aliphatic carbocycles. The summed E-state index contributed by atoms with van der Waals surface area (Å²) >= 11 is 0. The van der Waals surface area contributed by atoms with Gasteiger partial charge >= 0.3 is 11.6 Å². The Morgan fingerprint density at radius 3 is 1.89 bits per heavy atom. The lowest BCUT2D eigenvalue weighted by Crippen LogP contribution is -2.12. The molecule has 0 saturated carbocycles. The molecule has 4 rings (SSSR count). The molecule has 8 heteroatoms. The number of hydrogen-bond donors (Lipinski definition) is 0. The van der Waals surface area contributed by atoms with Crippen molar-refractivity contribution in [3.63, 3.8) is 0 Å². The molecule has 0 radical (unpaired) electrons. The Morgan fingerprint density at radius 2 is 1.39 bits per heavy atom. The third-order valence-corrected chi connectivity index (χ3v) is 5.87. The number of carbonyl (C=O) groups excluding carboxylic acids is 1. The van der Waals surface area contributed by atoms with E-state index in [0.29, 0.717) is 23.3 Å². The van der Waals surface area contributed by atoms with Gasteiger partial charge in [-0.15, -0.1) is 6.58 Å². The minimum Gasteiger partial charge on any atom is -0.497 e. The molecule has 0 aliphatic heterocycles. The fourth-order valence-corrected chi connectivity index (χ4v) is 3.92. The summed E-state index contributed by atoms with van der Waals surface area (Å²) < 4.78 is 33.0. The van der Waals surface area contributed by atoms with Crippen LogP contribution in [-0.4, -0.2) is 27.3 Å². The van der Waals surface area contributed by atoms with Crippen molar-refractivity contribution in [2.45, 2.75) is 19.6 Å². The molecule has 0 fully saturated rings. The van der Waals surface area contributed by atoms with Gasteiger partial charge in [-0.2, -0.15) is 0 Å². The van der Waals surface area contributed by atoms with E-state index in [-0.39, 0.29) is 30.1 Å². The molecule has 1 heterocycles. The zero-order valence-electron chi connectivity index (χ0n) is 21.4. The van der Waals surface area contributed by atoms with Crippen LogP contribution in [0.4, 0.5) is 0 Å². The number of rotatable bonds is 11. The van der Waals surface area contributed by atoms with E-state index in [2.05, 4.69) is 6.58 Å². The van der Waals surface area contributed by atoms with E-state index in [1.54, 1.807) is 26.4 Å². The smallest absolute Gasteiger partial charge is 0.374 e. The molecule has 196 valence electrons. The quantitative estimate of drug-likeness (QED) is 0.191. The lowest BCUT2D eigenvalue weighted by molar-refractivity contribution is 0.0560. The van der Waals surface area contributed by atoms with Crippen LogP contribution >= 0.6 is 0 Å². The van der Waals surface area contributed by atoms with E-state index >= 15 is 0 Å². The van der Waals surface area contributed by atoms with Crippen molar-refractivity contribution in [2.24, 2.45) is 0 Å². The van der Waals surface area contributed by atoms with Crippen LogP contribution in [0, 0.1) is 0 Å². The van der Waals surface area contributed by atoms with Gasteiger partial charge in [-0.25, -0.2) is 9.59 Å². The first-order valence-corrected chi connectivity index (χ1v) is 11.8. The average Bonchev–Trinajstić information content (AvgIpc) is 2.95. The van der Waals surface area contributed by atoms with Gasteiger partial charge in [0.25, 0.3) is 0 Å². The monoisotopic (exact) mass is 516 g/mol. The van der Waals surface area contributed by atoms with E-state index in [0.717, 1.165) is 22.4 Å². The van der Waals surface area contributed by atoms with E-state index in [1.165, 1.54) is 13.2 Å². The molecule has 3 aromatic carbocycles. The minimum atomic E-state index is -0.755. The summed E-state index contributed by atoms with van der Waals surface area (Å²) in [6, 6.07) is 18.1. The molecule has 0 spiro atoms. The molecule has 1 aromatic heterocycles. The predicted octanol–water partition coefficient (Wildman–Crippen LogP) is 5.48. The van der Waals surface area contributed by atoms with Crippen LogP contribution in [-0.2, 0) is 24.4 Å². The third-order valence-electron chi connectivity index (χ3n) is 5.87. The normalized spacial score (nSPS) is 10.6. The zero-order chi connectivity index (χ0) is 27.1. The Bertz CT molecular complexity index is 1480. The van der Waals surface area contributed by atoms with Crippen LogP contribution in [0.5, 0.6) is 23.0 Å². The fourth-order valence-electron chi connectivity index (χ4n) is 3.92. The number of allylic oxidation sites excluding steroid dienone is 1. The molecular weight excluding hydrogens is 488 g/mol. The molecule has 0 amide bonds. The van der Waals surface area contributed by atoms with Crippen molar-refractivity contribution in [3.8, 4) is 23.0 Å². The van der Waals surface area contributed by atoms with E-state index in [9.17, 15) is 9.59 Å². The van der Waals surface area contributed by atoms with Crippen LogP contribution < -0.4 is 24.6 Å². The number of esters is 1. The van der Waals surface area contributed by atoms with Crippen LogP contribution in [0.3, 0.4) is 0 Å². The Labute approximate surface area is 220 Å². The SMILES string of the molecule is C=CCc1cc2cc(C(=O)OC)oc(=O)c2c(OCc2ccc(OC)cc2)c1OCc1ccc(OC)cc1. The van der Waals surface area contributed by atoms with Gasteiger partial charge in [0.15, 0.2) is 11.5 Å². The largest absolute Gasteiger partial charge is 0.497 e. The molecular formula is C30H28O8. The van der Waals surface area contributed by atoms with Gasteiger partial charge in [-0.3, -0.25) is 0 Å². The highest BCUT2D eigenvalue weighted by Gasteiger charge is 2.22. The number of methoxy groups -OCH3 is 3. The summed E-state index contributed by atoms with van der Waals surface area (Å²) in [5, 5.41) is 0.615. The van der Waals surface area contributed by atoms with Gasteiger partial charge in [0.05, 0.1) is 21.3 Å². The first-order valence-electron chi connectivity index (χ1n) is 11.8. The van der Waals surface area contributed by atoms with Crippen LogP contribution in [0.15, 0.2) is 82.5 Å². The average molecular weight is 517 g/mol. The highest BCUT2D eigenvalue weighted by Crippen LogP contribution is 2.40. The summed E-state index contributed by atoms with van der Waals surface area (Å²) in [4.78, 5) is 25.2. The first kappa shape index (κ1) is 26.3. The molecule has 8 nitrogen and oxygen atoms in total. The fraction of sp³-hybridized carbons (Fsp3) is 0.200. The maximum Gasteiger partial charge on any atom is 0.374 e. The van der Waals surface area contributed by atoms with Crippen molar-refractivity contribution in [1.82, 2.24) is 0 Å². The lowest BCUT2D eigenvalue weighted by atomic mass is 10.0. The maximum absolute atomic E-state index is 13.1. The van der Waals surface area contributed by atoms with E-state index in [4.69, 9.17) is 28.1 Å². The number of hydrogen-bond acceptors (Lipinski definition) is 8. The number of fused-ring (bicyclic) bond motifs is 1. The number of ether oxygens (including phenoxy) is 5. The molecule has 4 aromatic rings. The summed E-state index contributed by atoms with van der Waals surface area (Å²) in [7, 11) is 4.41. The van der Waals surface area contributed by atoms with Gasteiger partial charge in [-0.1, -0.05) is 30.3 Å². The summed E-state index contributed by atoms with van der Waals surface area (Å²) in [6.07, 6.45) is 2.15. The molecule has 0 saturated heterocycles. The molecule has 0 aliphatic rings. The van der Waals surface area contributed by atoms with Gasteiger partial charge in [0.1, 0.15) is 30.1 Å². The topological polar surface area (TPSA) is 93.4 Å². The van der Waals surface area contributed by atoms with Crippen LogP contribution in [0.2, 0.25) is 0 Å². The second kappa shape index (κ2) is 12.0. The molecule has 0 unspecified atom stereocenters. The molecule has 38 heavy (non-hydrogen) atoms. The zero-order valence-corrected chi connectivity index (χ0v) is 21.4. The Hall–Kier alpha value is -4.72. The molecule has 0 bridgehead atoms. The van der Waals surface area contributed by atoms with Crippen molar-refractivity contribution in [2.75, 3.05) is 21.3 Å². The second-order valence-corrected chi connectivity index (χ2v) is 8.31. The van der Waals surface area contributed by atoms with Crippen LogP contribution in [0.1, 0.15) is 27.2 Å². The lowest BCUT2D eigenvalue weighted by Gasteiger charge is -2.19. The van der Waals surface area contributed by atoms with E-state index in [1.807, 2.05) is 48.5 Å². The van der Waals surface area contributed by atoms with Crippen molar-refractivity contribution in [1.29, 1.82) is 0 Å². The summed E-state index contributed by atoms with van der Waals surface area (Å²) in [5.74, 6) is 1.09. The summed E-state index contributed by atoms with van der Waals surface area (Å²) in [5.41, 5.74) is 1.73. The Kier molecular flexibility index (Phi) is 8.33. The Morgan fingerprint density at radius 1 is 0.842 bits per heavy atom. The first-order chi connectivity index (χ1) is 18.5. The number of carbonyl (C=O) groups is 1. The van der Waals surface area contributed by atoms with Crippen LogP contribution in [0.25, 0.3) is 10.8 Å². The maximum atomic E-state index is 13.1. The standard InChI is InChI=1S/C30H28O8/c1-5-6-21-15-22-16-25(29(31)35-4)38-30(32)26(22)28(37-18-20-9-13-24(34-3)14-10-20)27(21)36-17-19-7-11-23(33-2)12-8-19/h5,7-16H,1,6,17-18H2,2-4H3. The van der Waals surface area contributed by atoms with Crippen molar-refractivity contribution >= 4 is 16.7 Å². The van der Waals surface area contributed by atoms with Gasteiger partial charge in [0, 0.05) is 5.56 Å².